The fraction of sp³-hybridized carbons (Fsp3) is 0.333. The van der Waals surface area contributed by atoms with Gasteiger partial charge in [0.15, 0.2) is 0 Å². The van der Waals surface area contributed by atoms with Gasteiger partial charge in [0.25, 0.3) is 0 Å². The maximum Gasteiger partial charge on any atom is 0.137 e. The number of halogens is 1. The van der Waals surface area contributed by atoms with Gasteiger partial charge in [0, 0.05) is 5.56 Å². The molecule has 0 aliphatic heterocycles. The van der Waals surface area contributed by atoms with E-state index < -0.39 is 0 Å². The fourth-order valence-corrected chi connectivity index (χ4v) is 1.74. The van der Waals surface area contributed by atoms with Crippen molar-refractivity contribution in [2.75, 3.05) is 14.1 Å². The highest BCUT2D eigenvalue weighted by molar-refractivity contribution is 5.82. The number of furan rings is 1. The fourth-order valence-electron chi connectivity index (χ4n) is 1.74. The Morgan fingerprint density at radius 1 is 1.33 bits per heavy atom. The summed E-state index contributed by atoms with van der Waals surface area (Å²) < 4.78 is 19.1. The van der Waals surface area contributed by atoms with E-state index in [1.54, 1.807) is 12.1 Å². The van der Waals surface area contributed by atoms with E-state index in [2.05, 4.69) is 0 Å². The second-order valence-corrected chi connectivity index (χ2v) is 4.00. The predicted molar refractivity (Wildman–Crippen MR) is 58.3 cm³/mol. The minimum Gasteiger partial charge on any atom is -0.459 e. The van der Waals surface area contributed by atoms with Crippen LogP contribution in [0.5, 0.6) is 0 Å². The number of hydrogen-bond donors (Lipinski definition) is 0. The molecule has 0 spiro atoms. The number of hydrogen-bond acceptors (Lipinski definition) is 2. The van der Waals surface area contributed by atoms with E-state index in [0.29, 0.717) is 17.5 Å². The van der Waals surface area contributed by atoms with Crippen molar-refractivity contribution in [2.45, 2.75) is 13.5 Å². The van der Waals surface area contributed by atoms with Gasteiger partial charge in [-0.25, -0.2) is 4.39 Å². The highest BCUT2D eigenvalue weighted by Crippen LogP contribution is 2.27. The molecule has 2 rings (SSSR count). The van der Waals surface area contributed by atoms with Gasteiger partial charge in [-0.05, 0) is 33.2 Å². The zero-order valence-electron chi connectivity index (χ0n) is 9.17. The van der Waals surface area contributed by atoms with Gasteiger partial charge in [-0.3, -0.25) is 0 Å². The van der Waals surface area contributed by atoms with Crippen LogP contribution in [0.4, 0.5) is 4.39 Å². The summed E-state index contributed by atoms with van der Waals surface area (Å²) in [7, 11) is 3.92. The molecule has 3 heteroatoms. The van der Waals surface area contributed by atoms with Gasteiger partial charge in [0.1, 0.15) is 17.2 Å². The lowest BCUT2D eigenvalue weighted by Crippen LogP contribution is -2.10. The molecule has 2 aromatic rings. The third-order valence-corrected chi connectivity index (χ3v) is 2.46. The molecular weight excluding hydrogens is 193 g/mol. The van der Waals surface area contributed by atoms with E-state index in [1.807, 2.05) is 25.9 Å². The summed E-state index contributed by atoms with van der Waals surface area (Å²) >= 11 is 0. The molecular formula is C12H14FNO. The number of fused-ring (bicyclic) bond motifs is 1. The lowest BCUT2D eigenvalue weighted by atomic mass is 10.1. The van der Waals surface area contributed by atoms with Crippen LogP contribution < -0.4 is 0 Å². The van der Waals surface area contributed by atoms with Crippen LogP contribution in [0.2, 0.25) is 0 Å². The van der Waals surface area contributed by atoms with E-state index >= 15 is 0 Å². The smallest absolute Gasteiger partial charge is 0.137 e. The van der Waals surface area contributed by atoms with Gasteiger partial charge in [-0.15, -0.1) is 0 Å². The Kier molecular flexibility index (Phi) is 2.49. The molecule has 1 aromatic carbocycles. The Bertz CT molecular complexity index is 488. The average molecular weight is 207 g/mol. The summed E-state index contributed by atoms with van der Waals surface area (Å²) in [5, 5.41) is 0.606. The first-order chi connectivity index (χ1) is 7.09. The number of aryl methyl sites for hydroxylation is 1. The van der Waals surface area contributed by atoms with Crippen LogP contribution in [0.25, 0.3) is 11.0 Å². The SMILES string of the molecule is Cc1c(CN(C)C)oc2cccc(F)c12. The van der Waals surface area contributed by atoms with Gasteiger partial charge in [0.05, 0.1) is 11.9 Å². The topological polar surface area (TPSA) is 16.4 Å². The Morgan fingerprint density at radius 3 is 2.67 bits per heavy atom. The zero-order chi connectivity index (χ0) is 11.0. The van der Waals surface area contributed by atoms with Crippen molar-refractivity contribution < 1.29 is 8.81 Å². The minimum atomic E-state index is -0.209. The molecule has 15 heavy (non-hydrogen) atoms. The van der Waals surface area contributed by atoms with Crippen LogP contribution in [-0.2, 0) is 6.54 Å². The molecule has 0 unspecified atom stereocenters. The van der Waals surface area contributed by atoms with Crippen LogP contribution in [0.1, 0.15) is 11.3 Å². The summed E-state index contributed by atoms with van der Waals surface area (Å²) in [5.74, 6) is 0.624. The van der Waals surface area contributed by atoms with Crippen molar-refractivity contribution in [3.05, 3.63) is 35.3 Å². The second-order valence-electron chi connectivity index (χ2n) is 4.00. The first-order valence-electron chi connectivity index (χ1n) is 4.91. The Balaban J connectivity index is 2.59. The minimum absolute atomic E-state index is 0.209. The molecule has 0 bridgehead atoms. The standard InChI is InChI=1S/C12H14FNO/c1-8-11(7-14(2)3)15-10-6-4-5-9(13)12(8)10/h4-6H,7H2,1-3H3. The normalized spacial score (nSPS) is 11.5. The molecule has 1 heterocycles. The number of nitrogens with zero attached hydrogens (tertiary/aromatic N) is 1. The third kappa shape index (κ3) is 1.75. The molecule has 80 valence electrons. The largest absolute Gasteiger partial charge is 0.459 e. The molecule has 0 atom stereocenters. The lowest BCUT2D eigenvalue weighted by Gasteiger charge is -2.06. The Labute approximate surface area is 88.3 Å². The predicted octanol–water partition coefficient (Wildman–Crippen LogP) is 2.94. The van der Waals surface area contributed by atoms with Crippen LogP contribution >= 0.6 is 0 Å². The van der Waals surface area contributed by atoms with Gasteiger partial charge in [0.2, 0.25) is 0 Å². The Morgan fingerprint density at radius 2 is 2.07 bits per heavy atom. The van der Waals surface area contributed by atoms with Crippen LogP contribution in [0.3, 0.4) is 0 Å². The molecule has 0 saturated carbocycles. The maximum absolute atomic E-state index is 13.5. The van der Waals surface area contributed by atoms with Gasteiger partial charge >= 0.3 is 0 Å². The van der Waals surface area contributed by atoms with Crippen molar-refractivity contribution in [1.29, 1.82) is 0 Å². The molecule has 0 fully saturated rings. The van der Waals surface area contributed by atoms with E-state index in [-0.39, 0.29) is 5.82 Å². The van der Waals surface area contributed by atoms with Gasteiger partial charge in [-0.2, -0.15) is 0 Å². The second kappa shape index (κ2) is 3.66. The Hall–Kier alpha value is -1.35. The van der Waals surface area contributed by atoms with Crippen molar-refractivity contribution in [3.63, 3.8) is 0 Å². The molecule has 1 aromatic heterocycles. The van der Waals surface area contributed by atoms with Gasteiger partial charge < -0.3 is 9.32 Å². The first kappa shape index (κ1) is 10.2. The highest BCUT2D eigenvalue weighted by Gasteiger charge is 2.13. The zero-order valence-corrected chi connectivity index (χ0v) is 9.17. The summed E-state index contributed by atoms with van der Waals surface area (Å²) in [5.41, 5.74) is 1.53. The van der Waals surface area contributed by atoms with E-state index in [4.69, 9.17) is 4.42 Å². The molecule has 0 amide bonds. The molecule has 0 radical (unpaired) electrons. The van der Waals surface area contributed by atoms with E-state index in [9.17, 15) is 4.39 Å². The van der Waals surface area contributed by atoms with Crippen LogP contribution in [0.15, 0.2) is 22.6 Å². The first-order valence-corrected chi connectivity index (χ1v) is 4.91. The molecule has 0 aliphatic carbocycles. The van der Waals surface area contributed by atoms with Crippen molar-refractivity contribution >= 4 is 11.0 Å². The average Bonchev–Trinajstić information content (AvgIpc) is 2.44. The summed E-state index contributed by atoms with van der Waals surface area (Å²) in [4.78, 5) is 2.00. The van der Waals surface area contributed by atoms with Gasteiger partial charge in [-0.1, -0.05) is 6.07 Å². The molecule has 0 saturated heterocycles. The summed E-state index contributed by atoms with van der Waals surface area (Å²) in [6.07, 6.45) is 0. The van der Waals surface area contributed by atoms with E-state index in [1.165, 1.54) is 6.07 Å². The van der Waals surface area contributed by atoms with Crippen molar-refractivity contribution in [3.8, 4) is 0 Å². The highest BCUT2D eigenvalue weighted by atomic mass is 19.1. The summed E-state index contributed by atoms with van der Waals surface area (Å²) in [6.45, 7) is 2.59. The molecule has 2 nitrogen and oxygen atoms in total. The van der Waals surface area contributed by atoms with E-state index in [0.717, 1.165) is 11.3 Å². The van der Waals surface area contributed by atoms with Crippen LogP contribution in [0, 0.1) is 12.7 Å². The molecule has 0 N–H and O–H groups in total. The number of benzene rings is 1. The number of rotatable bonds is 2. The third-order valence-electron chi connectivity index (χ3n) is 2.46. The van der Waals surface area contributed by atoms with Crippen LogP contribution in [-0.4, -0.2) is 19.0 Å². The monoisotopic (exact) mass is 207 g/mol. The van der Waals surface area contributed by atoms with Crippen molar-refractivity contribution in [2.24, 2.45) is 0 Å². The quantitative estimate of drug-likeness (QED) is 0.752. The molecule has 0 aliphatic rings. The maximum atomic E-state index is 13.5. The summed E-state index contributed by atoms with van der Waals surface area (Å²) in [6, 6.07) is 4.93. The van der Waals surface area contributed by atoms with Crippen molar-refractivity contribution in [1.82, 2.24) is 4.90 Å². The lowest BCUT2D eigenvalue weighted by molar-refractivity contribution is 0.356.